The maximum atomic E-state index is 12.8. The van der Waals surface area contributed by atoms with Crippen LogP contribution in [-0.2, 0) is 16.0 Å². The number of rotatable bonds is 7. The molecule has 0 aliphatic heterocycles. The maximum absolute atomic E-state index is 12.8. The van der Waals surface area contributed by atoms with Crippen LogP contribution in [0.1, 0.15) is 31.0 Å². The molecule has 1 N–H and O–H groups in total. The fourth-order valence-electron chi connectivity index (χ4n) is 3.06. The van der Waals surface area contributed by atoms with E-state index in [9.17, 15) is 9.59 Å². The van der Waals surface area contributed by atoms with E-state index in [1.54, 1.807) is 14.0 Å². The summed E-state index contributed by atoms with van der Waals surface area (Å²) in [6.07, 6.45) is 0.809. The number of carbonyl (C=O) groups is 2. The van der Waals surface area contributed by atoms with Gasteiger partial charge in [0.25, 0.3) is 0 Å². The summed E-state index contributed by atoms with van der Waals surface area (Å²) < 4.78 is 0. The van der Waals surface area contributed by atoms with Crippen LogP contribution >= 0.6 is 0 Å². The van der Waals surface area contributed by atoms with Gasteiger partial charge in [-0.1, -0.05) is 55.0 Å². The van der Waals surface area contributed by atoms with Crippen LogP contribution in [0.4, 0.5) is 5.69 Å². The van der Waals surface area contributed by atoms with Gasteiger partial charge >= 0.3 is 0 Å². The van der Waals surface area contributed by atoms with Crippen LogP contribution in [0.15, 0.2) is 48.5 Å². The van der Waals surface area contributed by atoms with Crippen molar-refractivity contribution in [2.24, 2.45) is 0 Å². The number of hydrogen-bond donors (Lipinski definition) is 1. The molecule has 156 valence electrons. The zero-order valence-electron chi connectivity index (χ0n) is 17.7. The van der Waals surface area contributed by atoms with E-state index in [1.165, 1.54) is 9.70 Å². The van der Waals surface area contributed by atoms with Crippen LogP contribution in [-0.4, -0.2) is 50.5 Å². The third-order valence-electron chi connectivity index (χ3n) is 4.87. The van der Waals surface area contributed by atoms with Gasteiger partial charge in [-0.3, -0.25) is 9.59 Å². The molecule has 2 aromatic carbocycles. The molecular weight excluding hydrogens is 380 g/mol. The number of anilines is 1. The highest BCUT2D eigenvalue weighted by atomic mass is 16.2. The summed E-state index contributed by atoms with van der Waals surface area (Å²) in [5.41, 5.74) is 3.77. The van der Waals surface area contributed by atoms with Gasteiger partial charge < -0.3 is 10.2 Å². The van der Waals surface area contributed by atoms with Crippen molar-refractivity contribution in [1.82, 2.24) is 25.1 Å². The molecule has 0 spiro atoms. The first-order valence-corrected chi connectivity index (χ1v) is 9.88. The fraction of sp³-hybridized carbons (Fsp3) is 0.318. The third kappa shape index (κ3) is 4.89. The van der Waals surface area contributed by atoms with Crippen LogP contribution in [0.25, 0.3) is 11.4 Å². The van der Waals surface area contributed by atoms with Gasteiger partial charge in [0.2, 0.25) is 17.6 Å². The molecule has 30 heavy (non-hydrogen) atoms. The second-order valence-electron chi connectivity index (χ2n) is 7.23. The molecule has 8 nitrogen and oxygen atoms in total. The summed E-state index contributed by atoms with van der Waals surface area (Å²) in [4.78, 5) is 27.8. The minimum absolute atomic E-state index is 0.0687. The Hall–Kier alpha value is -3.55. The van der Waals surface area contributed by atoms with Crippen molar-refractivity contribution in [3.05, 3.63) is 59.7 Å². The number of nitrogens with one attached hydrogen (secondary N) is 1. The van der Waals surface area contributed by atoms with Gasteiger partial charge in [-0.2, -0.15) is 4.80 Å². The lowest BCUT2D eigenvalue weighted by Crippen LogP contribution is -2.39. The standard InChI is InChI=1S/C22H26N6O2/c1-5-17-8-6-7-9-19(17)23-20(29)14-27(4)22(30)16(3)28-25-21(24-26-28)18-12-10-15(2)11-13-18/h6-13,16H,5,14H2,1-4H3,(H,23,29). The van der Waals surface area contributed by atoms with Gasteiger partial charge in [-0.15, -0.1) is 10.2 Å². The summed E-state index contributed by atoms with van der Waals surface area (Å²) in [7, 11) is 1.59. The molecule has 0 aliphatic rings. The Balaban J connectivity index is 1.62. The number of amides is 2. The third-order valence-corrected chi connectivity index (χ3v) is 4.87. The fourth-order valence-corrected chi connectivity index (χ4v) is 3.06. The zero-order valence-corrected chi connectivity index (χ0v) is 17.7. The van der Waals surface area contributed by atoms with Crippen LogP contribution in [0.2, 0.25) is 0 Å². The van der Waals surface area contributed by atoms with Gasteiger partial charge in [0.15, 0.2) is 0 Å². The monoisotopic (exact) mass is 406 g/mol. The van der Waals surface area contributed by atoms with Crippen LogP contribution in [0.3, 0.4) is 0 Å². The minimum Gasteiger partial charge on any atom is -0.335 e. The highest BCUT2D eigenvalue weighted by Crippen LogP contribution is 2.17. The van der Waals surface area contributed by atoms with E-state index in [0.717, 1.165) is 28.8 Å². The van der Waals surface area contributed by atoms with Gasteiger partial charge in [-0.25, -0.2) is 0 Å². The first-order valence-electron chi connectivity index (χ1n) is 9.88. The van der Waals surface area contributed by atoms with Crippen LogP contribution < -0.4 is 5.32 Å². The lowest BCUT2D eigenvalue weighted by Gasteiger charge is -2.20. The molecule has 1 aromatic heterocycles. The van der Waals surface area contributed by atoms with E-state index >= 15 is 0 Å². The Morgan fingerprint density at radius 3 is 2.53 bits per heavy atom. The van der Waals surface area contributed by atoms with Gasteiger partial charge in [-0.05, 0) is 37.1 Å². The summed E-state index contributed by atoms with van der Waals surface area (Å²) >= 11 is 0. The molecule has 3 rings (SSSR count). The van der Waals surface area contributed by atoms with Crippen molar-refractivity contribution < 1.29 is 9.59 Å². The highest BCUT2D eigenvalue weighted by Gasteiger charge is 2.23. The summed E-state index contributed by atoms with van der Waals surface area (Å²) in [5.74, 6) is -0.0844. The van der Waals surface area contributed by atoms with Gasteiger partial charge in [0.05, 0.1) is 6.54 Å². The molecule has 0 aliphatic carbocycles. The number of tetrazole rings is 1. The number of carbonyl (C=O) groups excluding carboxylic acids is 2. The number of aromatic nitrogens is 4. The Kier molecular flexibility index (Phi) is 6.56. The van der Waals surface area contributed by atoms with E-state index < -0.39 is 6.04 Å². The SMILES string of the molecule is CCc1ccccc1NC(=O)CN(C)C(=O)C(C)n1nnc(-c2ccc(C)cc2)n1. The van der Waals surface area contributed by atoms with Crippen molar-refractivity contribution in [2.45, 2.75) is 33.2 Å². The number of aryl methyl sites for hydroxylation is 2. The van der Waals surface area contributed by atoms with Crippen molar-refractivity contribution >= 4 is 17.5 Å². The second kappa shape index (κ2) is 9.30. The largest absolute Gasteiger partial charge is 0.335 e. The number of benzene rings is 2. The molecule has 0 radical (unpaired) electrons. The van der Waals surface area contributed by atoms with E-state index in [2.05, 4.69) is 20.7 Å². The van der Waals surface area contributed by atoms with Crippen LogP contribution in [0.5, 0.6) is 0 Å². The minimum atomic E-state index is -0.683. The summed E-state index contributed by atoms with van der Waals surface area (Å²) in [6, 6.07) is 14.7. The molecule has 0 saturated heterocycles. The number of nitrogens with zero attached hydrogens (tertiary/aromatic N) is 5. The normalized spacial score (nSPS) is 11.7. The molecule has 2 amide bonds. The molecule has 0 bridgehead atoms. The van der Waals surface area contributed by atoms with Gasteiger partial charge in [0.1, 0.15) is 6.04 Å². The summed E-state index contributed by atoms with van der Waals surface area (Å²) in [6.45, 7) is 5.64. The molecule has 0 saturated carbocycles. The number of para-hydroxylation sites is 1. The number of hydrogen-bond acceptors (Lipinski definition) is 5. The van der Waals surface area contributed by atoms with Crippen molar-refractivity contribution in [2.75, 3.05) is 18.9 Å². The molecule has 3 aromatic rings. The first kappa shape index (κ1) is 21.2. The molecule has 8 heteroatoms. The van der Waals surface area contributed by atoms with Crippen molar-refractivity contribution in [1.29, 1.82) is 0 Å². The highest BCUT2D eigenvalue weighted by molar-refractivity contribution is 5.95. The summed E-state index contributed by atoms with van der Waals surface area (Å²) in [5, 5.41) is 15.3. The molecule has 1 atom stereocenters. The second-order valence-corrected chi connectivity index (χ2v) is 7.23. The lowest BCUT2D eigenvalue weighted by atomic mass is 10.1. The van der Waals surface area contributed by atoms with E-state index in [4.69, 9.17) is 0 Å². The molecule has 1 unspecified atom stereocenters. The Morgan fingerprint density at radius 1 is 1.13 bits per heavy atom. The Labute approximate surface area is 175 Å². The number of likely N-dealkylation sites (N-methyl/N-ethyl adjacent to an activating group) is 1. The maximum Gasteiger partial charge on any atom is 0.249 e. The predicted octanol–water partition coefficient (Wildman–Crippen LogP) is 2.87. The molecular formula is C22H26N6O2. The van der Waals surface area contributed by atoms with E-state index in [1.807, 2.05) is 62.4 Å². The molecule has 0 fully saturated rings. The molecule has 1 heterocycles. The van der Waals surface area contributed by atoms with Gasteiger partial charge in [0, 0.05) is 18.3 Å². The first-order chi connectivity index (χ1) is 14.4. The van der Waals surface area contributed by atoms with E-state index in [-0.39, 0.29) is 18.4 Å². The van der Waals surface area contributed by atoms with E-state index in [0.29, 0.717) is 5.82 Å². The Bertz CT molecular complexity index is 1030. The van der Waals surface area contributed by atoms with Crippen molar-refractivity contribution in [3.63, 3.8) is 0 Å². The quantitative estimate of drug-likeness (QED) is 0.651. The Morgan fingerprint density at radius 2 is 1.83 bits per heavy atom. The average Bonchev–Trinajstić information content (AvgIpc) is 3.23. The topological polar surface area (TPSA) is 93.0 Å². The van der Waals surface area contributed by atoms with Crippen molar-refractivity contribution in [3.8, 4) is 11.4 Å². The smallest absolute Gasteiger partial charge is 0.249 e. The zero-order chi connectivity index (χ0) is 21.7. The predicted molar refractivity (Wildman–Crippen MR) is 115 cm³/mol. The average molecular weight is 406 g/mol. The van der Waals surface area contributed by atoms with Crippen LogP contribution in [0, 0.1) is 6.92 Å². The lowest BCUT2D eigenvalue weighted by molar-refractivity contribution is -0.136.